The van der Waals surface area contributed by atoms with Crippen LogP contribution in [0.1, 0.15) is 17.7 Å². The van der Waals surface area contributed by atoms with Crippen molar-refractivity contribution in [2.24, 2.45) is 0 Å². The van der Waals surface area contributed by atoms with Crippen LogP contribution in [-0.4, -0.2) is 21.0 Å². The van der Waals surface area contributed by atoms with Crippen LogP contribution < -0.4 is 10.0 Å². The van der Waals surface area contributed by atoms with Crippen molar-refractivity contribution < 1.29 is 8.42 Å². The first-order chi connectivity index (χ1) is 10.1. The number of benzene rings is 1. The summed E-state index contributed by atoms with van der Waals surface area (Å²) in [5.74, 6) is 0. The van der Waals surface area contributed by atoms with E-state index >= 15 is 0 Å². The molecular weight excluding hydrogens is 304 g/mol. The first-order valence-electron chi connectivity index (χ1n) is 7.02. The molecule has 0 bridgehead atoms. The molecule has 1 fully saturated rings. The maximum absolute atomic E-state index is 12.0. The van der Waals surface area contributed by atoms with Crippen LogP contribution in [0.25, 0.3) is 0 Å². The quantitative estimate of drug-likeness (QED) is 0.824. The van der Waals surface area contributed by atoms with Crippen molar-refractivity contribution in [3.05, 3.63) is 46.7 Å². The minimum Gasteiger partial charge on any atom is -0.385 e. The molecule has 0 saturated heterocycles. The van der Waals surface area contributed by atoms with E-state index in [0.29, 0.717) is 4.90 Å². The molecule has 0 atom stereocenters. The van der Waals surface area contributed by atoms with Gasteiger partial charge in [-0.05, 0) is 55.0 Å². The van der Waals surface area contributed by atoms with Crippen molar-refractivity contribution in [1.29, 1.82) is 0 Å². The summed E-state index contributed by atoms with van der Waals surface area (Å²) < 4.78 is 26.7. The molecular formula is C15H18N2O2S2. The normalized spacial score (nSPS) is 15.0. The lowest BCUT2D eigenvalue weighted by atomic mass is 10.3. The third-order valence-corrected chi connectivity index (χ3v) is 5.82. The molecule has 0 radical (unpaired) electrons. The van der Waals surface area contributed by atoms with Gasteiger partial charge in [0.15, 0.2) is 0 Å². The van der Waals surface area contributed by atoms with Crippen molar-refractivity contribution in [3.8, 4) is 0 Å². The molecule has 2 aromatic rings. The summed E-state index contributed by atoms with van der Waals surface area (Å²) in [5, 5.41) is 5.38. The lowest BCUT2D eigenvalue weighted by molar-refractivity contribution is 0.581. The van der Waals surface area contributed by atoms with E-state index in [1.165, 1.54) is 4.88 Å². The average molecular weight is 322 g/mol. The minimum absolute atomic E-state index is 0.138. The smallest absolute Gasteiger partial charge is 0.240 e. The molecule has 1 aromatic heterocycles. The van der Waals surface area contributed by atoms with Crippen molar-refractivity contribution in [2.75, 3.05) is 11.9 Å². The van der Waals surface area contributed by atoms with Gasteiger partial charge in [0.2, 0.25) is 10.0 Å². The molecule has 0 amide bonds. The zero-order valence-electron chi connectivity index (χ0n) is 11.6. The molecule has 0 unspecified atom stereocenters. The van der Waals surface area contributed by atoms with Gasteiger partial charge in [0.05, 0.1) is 4.90 Å². The first-order valence-corrected chi connectivity index (χ1v) is 9.38. The summed E-state index contributed by atoms with van der Waals surface area (Å²) >= 11 is 1.75. The number of hydrogen-bond donors (Lipinski definition) is 2. The number of nitrogens with one attached hydrogen (secondary N) is 2. The summed E-state index contributed by atoms with van der Waals surface area (Å²) in [5.41, 5.74) is 0.942. The molecule has 1 aromatic carbocycles. The van der Waals surface area contributed by atoms with Crippen LogP contribution in [0.5, 0.6) is 0 Å². The summed E-state index contributed by atoms with van der Waals surface area (Å²) in [6.45, 7) is 0.840. The van der Waals surface area contributed by atoms with Crippen molar-refractivity contribution in [3.63, 3.8) is 0 Å². The van der Waals surface area contributed by atoms with Gasteiger partial charge in [0.25, 0.3) is 0 Å². The highest BCUT2D eigenvalue weighted by atomic mass is 32.2. The molecule has 6 heteroatoms. The number of anilines is 1. The van der Waals surface area contributed by atoms with Gasteiger partial charge >= 0.3 is 0 Å². The van der Waals surface area contributed by atoms with Crippen LogP contribution in [0.4, 0.5) is 5.69 Å². The molecule has 1 aliphatic rings. The molecule has 3 rings (SSSR count). The highest BCUT2D eigenvalue weighted by Gasteiger charge is 2.27. The summed E-state index contributed by atoms with van der Waals surface area (Å²) in [6, 6.07) is 11.2. The maximum atomic E-state index is 12.0. The Hall–Kier alpha value is -1.37. The summed E-state index contributed by atoms with van der Waals surface area (Å²) in [4.78, 5) is 1.67. The minimum atomic E-state index is -3.35. The Bertz CT molecular complexity index is 675. The first kappa shape index (κ1) is 14.6. The number of thiophene rings is 1. The van der Waals surface area contributed by atoms with E-state index in [4.69, 9.17) is 0 Å². The molecule has 1 heterocycles. The zero-order valence-corrected chi connectivity index (χ0v) is 13.2. The fourth-order valence-electron chi connectivity index (χ4n) is 2.03. The van der Waals surface area contributed by atoms with E-state index in [9.17, 15) is 8.42 Å². The Kier molecular flexibility index (Phi) is 4.28. The third-order valence-electron chi connectivity index (χ3n) is 3.34. The van der Waals surface area contributed by atoms with E-state index in [1.54, 1.807) is 23.5 Å². The van der Waals surface area contributed by atoms with Gasteiger partial charge in [-0.1, -0.05) is 6.07 Å². The second kappa shape index (κ2) is 6.17. The molecule has 0 spiro atoms. The van der Waals surface area contributed by atoms with Gasteiger partial charge in [-0.15, -0.1) is 11.3 Å². The fourth-order valence-corrected chi connectivity index (χ4v) is 4.04. The standard InChI is InChI=1S/C15H18N2O2S2/c18-21(19,17-13-3-4-13)15-7-5-12(6-8-15)16-10-9-14-2-1-11-20-14/h1-2,5-8,11,13,16-17H,3-4,9-10H2. The predicted molar refractivity (Wildman–Crippen MR) is 86.3 cm³/mol. The third kappa shape index (κ3) is 4.06. The van der Waals surface area contributed by atoms with Crippen LogP contribution in [0.3, 0.4) is 0 Å². The highest BCUT2D eigenvalue weighted by molar-refractivity contribution is 7.89. The number of rotatable bonds is 7. The van der Waals surface area contributed by atoms with Gasteiger partial charge in [0.1, 0.15) is 0 Å². The van der Waals surface area contributed by atoms with Gasteiger partial charge < -0.3 is 5.32 Å². The fraction of sp³-hybridized carbons (Fsp3) is 0.333. The second-order valence-corrected chi connectivity index (χ2v) is 7.92. The Morgan fingerprint density at radius 3 is 2.52 bits per heavy atom. The van der Waals surface area contributed by atoms with Crippen LogP contribution >= 0.6 is 11.3 Å². The van der Waals surface area contributed by atoms with E-state index < -0.39 is 10.0 Å². The van der Waals surface area contributed by atoms with E-state index in [-0.39, 0.29) is 6.04 Å². The Balaban J connectivity index is 1.56. The van der Waals surface area contributed by atoms with Gasteiger partial charge in [-0.25, -0.2) is 13.1 Å². The summed E-state index contributed by atoms with van der Waals surface area (Å²) in [6.07, 6.45) is 2.87. The molecule has 21 heavy (non-hydrogen) atoms. The topological polar surface area (TPSA) is 58.2 Å². The van der Waals surface area contributed by atoms with Crippen molar-refractivity contribution in [1.82, 2.24) is 4.72 Å². The Morgan fingerprint density at radius 1 is 1.14 bits per heavy atom. The highest BCUT2D eigenvalue weighted by Crippen LogP contribution is 2.22. The maximum Gasteiger partial charge on any atom is 0.240 e. The van der Waals surface area contributed by atoms with Crippen LogP contribution in [0.15, 0.2) is 46.7 Å². The number of sulfonamides is 1. The molecule has 2 N–H and O–H groups in total. The summed E-state index contributed by atoms with van der Waals surface area (Å²) in [7, 11) is -3.35. The lowest BCUT2D eigenvalue weighted by Gasteiger charge is -2.08. The second-order valence-electron chi connectivity index (χ2n) is 5.18. The Morgan fingerprint density at radius 2 is 1.90 bits per heavy atom. The Labute approximate surface area is 129 Å². The van der Waals surface area contributed by atoms with Crippen LogP contribution in [0, 0.1) is 0 Å². The van der Waals surface area contributed by atoms with Gasteiger partial charge in [-0.3, -0.25) is 0 Å². The van der Waals surface area contributed by atoms with Gasteiger partial charge in [-0.2, -0.15) is 0 Å². The van der Waals surface area contributed by atoms with Crippen molar-refractivity contribution in [2.45, 2.75) is 30.2 Å². The average Bonchev–Trinajstić information content (AvgIpc) is 3.11. The number of hydrogen-bond acceptors (Lipinski definition) is 4. The largest absolute Gasteiger partial charge is 0.385 e. The predicted octanol–water partition coefficient (Wildman–Crippen LogP) is 2.84. The lowest BCUT2D eigenvalue weighted by Crippen LogP contribution is -2.25. The van der Waals surface area contributed by atoms with E-state index in [2.05, 4.69) is 21.5 Å². The van der Waals surface area contributed by atoms with Crippen LogP contribution in [0.2, 0.25) is 0 Å². The van der Waals surface area contributed by atoms with Crippen LogP contribution in [-0.2, 0) is 16.4 Å². The molecule has 0 aliphatic heterocycles. The van der Waals surface area contributed by atoms with Gasteiger partial charge in [0, 0.05) is 23.2 Å². The molecule has 112 valence electrons. The SMILES string of the molecule is O=S(=O)(NC1CC1)c1ccc(NCCc2cccs2)cc1. The molecule has 4 nitrogen and oxygen atoms in total. The van der Waals surface area contributed by atoms with Crippen molar-refractivity contribution >= 4 is 27.0 Å². The van der Waals surface area contributed by atoms with E-state index in [1.807, 2.05) is 18.2 Å². The zero-order chi connectivity index (χ0) is 14.7. The monoisotopic (exact) mass is 322 g/mol. The van der Waals surface area contributed by atoms with E-state index in [0.717, 1.165) is 31.5 Å². The molecule has 1 aliphatic carbocycles. The molecule has 1 saturated carbocycles.